The van der Waals surface area contributed by atoms with Gasteiger partial charge < -0.3 is 22.8 Å². The summed E-state index contributed by atoms with van der Waals surface area (Å²) >= 11 is 1.58. The Morgan fingerprint density at radius 1 is 1.04 bits per heavy atom. The summed E-state index contributed by atoms with van der Waals surface area (Å²) in [6, 6.07) is 14.9. The van der Waals surface area contributed by atoms with E-state index in [9.17, 15) is 4.79 Å². The number of nitrogens with zero attached hydrogens (tertiary/aromatic N) is 2. The Hall–Kier alpha value is -2.96. The Kier molecular flexibility index (Phi) is 5.39. The molecular weight excluding hydrogens is 382 g/mol. The average molecular weight is 397 g/mol. The van der Waals surface area contributed by atoms with Gasteiger partial charge in [-0.25, -0.2) is 14.8 Å². The number of carboxylic acids is 1. The lowest BCUT2D eigenvalue weighted by Crippen LogP contribution is -3.00. The summed E-state index contributed by atoms with van der Waals surface area (Å²) in [5.74, 6) is -0.240. The fourth-order valence-corrected chi connectivity index (χ4v) is 3.66. The predicted octanol–water partition coefficient (Wildman–Crippen LogP) is 2.11. The summed E-state index contributed by atoms with van der Waals surface area (Å²) in [7, 11) is 0. The molecule has 7 heteroatoms. The standard InChI is InChI=1S/C20H15N3O2S.ClH/c1-12-2-4-13(5-3-12)16-10-26-19-17(16)18(21-11-22-19)23-15-8-6-14(7-9-15)20(24)25;/h2-11H,1H3,(H,24,25)(H,21,22,23);1H/p-1. The van der Waals surface area contributed by atoms with Crippen LogP contribution < -0.4 is 17.7 Å². The lowest BCUT2D eigenvalue weighted by molar-refractivity contribution is -0.0000207. The van der Waals surface area contributed by atoms with Gasteiger partial charge in [0, 0.05) is 16.6 Å². The van der Waals surface area contributed by atoms with E-state index in [1.54, 1.807) is 35.6 Å². The average Bonchev–Trinajstić information content (AvgIpc) is 3.08. The van der Waals surface area contributed by atoms with Crippen molar-refractivity contribution in [3.8, 4) is 11.1 Å². The van der Waals surface area contributed by atoms with Gasteiger partial charge in [0.15, 0.2) is 0 Å². The number of aromatic nitrogens is 2. The minimum Gasteiger partial charge on any atom is -1.00 e. The van der Waals surface area contributed by atoms with Crippen molar-refractivity contribution in [3.63, 3.8) is 0 Å². The monoisotopic (exact) mass is 396 g/mol. The van der Waals surface area contributed by atoms with Crippen LogP contribution in [0, 0.1) is 6.92 Å². The molecule has 136 valence electrons. The molecule has 27 heavy (non-hydrogen) atoms. The summed E-state index contributed by atoms with van der Waals surface area (Å²) in [5, 5.41) is 15.4. The first-order chi connectivity index (χ1) is 12.6. The van der Waals surface area contributed by atoms with Crippen molar-refractivity contribution in [3.05, 3.63) is 71.4 Å². The van der Waals surface area contributed by atoms with Crippen molar-refractivity contribution in [1.29, 1.82) is 0 Å². The zero-order valence-electron chi connectivity index (χ0n) is 14.3. The molecule has 0 bridgehead atoms. The van der Waals surface area contributed by atoms with Crippen LogP contribution in [0.4, 0.5) is 11.5 Å². The highest BCUT2D eigenvalue weighted by Crippen LogP contribution is 2.37. The normalized spacial score (nSPS) is 10.4. The van der Waals surface area contributed by atoms with Gasteiger partial charge in [-0.15, -0.1) is 11.3 Å². The SMILES string of the molecule is Cc1ccc(-c2csc3ncnc(Nc4ccc(C(=O)O)cc4)c23)cc1.[Cl-]. The molecular formula is C20H15ClN3O2S-. The van der Waals surface area contributed by atoms with Gasteiger partial charge in [0.05, 0.1) is 10.9 Å². The highest BCUT2D eigenvalue weighted by molar-refractivity contribution is 7.17. The summed E-state index contributed by atoms with van der Waals surface area (Å²) in [5.41, 5.74) is 4.42. The fourth-order valence-electron chi connectivity index (χ4n) is 2.75. The van der Waals surface area contributed by atoms with Crippen molar-refractivity contribution in [1.82, 2.24) is 9.97 Å². The number of aromatic carboxylic acids is 1. The van der Waals surface area contributed by atoms with Gasteiger partial charge in [-0.1, -0.05) is 29.8 Å². The number of halogens is 1. The Morgan fingerprint density at radius 3 is 2.41 bits per heavy atom. The molecule has 2 heterocycles. The largest absolute Gasteiger partial charge is 1.00 e. The number of carboxylic acid groups (broad SMARTS) is 1. The molecule has 0 aliphatic heterocycles. The van der Waals surface area contributed by atoms with Crippen LogP contribution in [-0.2, 0) is 0 Å². The number of fused-ring (bicyclic) bond motifs is 1. The number of rotatable bonds is 4. The van der Waals surface area contributed by atoms with Gasteiger partial charge in [0.1, 0.15) is 17.0 Å². The van der Waals surface area contributed by atoms with Gasteiger partial charge in [-0.05, 0) is 36.8 Å². The smallest absolute Gasteiger partial charge is 0.335 e. The molecule has 0 spiro atoms. The number of hydrogen-bond acceptors (Lipinski definition) is 5. The highest BCUT2D eigenvalue weighted by atomic mass is 35.5. The molecule has 5 nitrogen and oxygen atoms in total. The molecule has 0 aliphatic carbocycles. The van der Waals surface area contributed by atoms with Crippen molar-refractivity contribution in [2.75, 3.05) is 5.32 Å². The Balaban J connectivity index is 0.00000210. The summed E-state index contributed by atoms with van der Waals surface area (Å²) in [6.45, 7) is 2.06. The van der Waals surface area contributed by atoms with Gasteiger partial charge in [0.2, 0.25) is 0 Å². The number of benzene rings is 2. The quantitative estimate of drug-likeness (QED) is 0.552. The second-order valence-electron chi connectivity index (χ2n) is 5.93. The molecule has 2 N–H and O–H groups in total. The molecule has 2 aromatic carbocycles. The third-order valence-electron chi connectivity index (χ3n) is 4.13. The second-order valence-corrected chi connectivity index (χ2v) is 6.78. The summed E-state index contributed by atoms with van der Waals surface area (Å²) < 4.78 is 0. The minimum atomic E-state index is -0.944. The van der Waals surface area contributed by atoms with E-state index in [-0.39, 0.29) is 18.0 Å². The number of thiophene rings is 1. The van der Waals surface area contributed by atoms with Crippen molar-refractivity contribution < 1.29 is 22.3 Å². The lowest BCUT2D eigenvalue weighted by Gasteiger charge is -2.09. The van der Waals surface area contributed by atoms with E-state index in [0.717, 1.165) is 27.0 Å². The van der Waals surface area contributed by atoms with Crippen LogP contribution in [0.25, 0.3) is 21.3 Å². The van der Waals surface area contributed by atoms with Crippen molar-refractivity contribution >= 4 is 39.0 Å². The molecule has 0 radical (unpaired) electrons. The summed E-state index contributed by atoms with van der Waals surface area (Å²) in [6.07, 6.45) is 1.53. The van der Waals surface area contributed by atoms with Gasteiger partial charge >= 0.3 is 5.97 Å². The second kappa shape index (κ2) is 7.73. The van der Waals surface area contributed by atoms with Crippen LogP contribution >= 0.6 is 11.3 Å². The molecule has 0 saturated carbocycles. The maximum absolute atomic E-state index is 11.0. The van der Waals surface area contributed by atoms with Crippen molar-refractivity contribution in [2.24, 2.45) is 0 Å². The Labute approximate surface area is 166 Å². The predicted molar refractivity (Wildman–Crippen MR) is 104 cm³/mol. The maximum Gasteiger partial charge on any atom is 0.335 e. The molecule has 4 aromatic rings. The summed E-state index contributed by atoms with van der Waals surface area (Å²) in [4.78, 5) is 20.7. The van der Waals surface area contributed by atoms with E-state index in [0.29, 0.717) is 5.82 Å². The molecule has 0 saturated heterocycles. The number of aryl methyl sites for hydroxylation is 1. The van der Waals surface area contributed by atoms with E-state index >= 15 is 0 Å². The lowest BCUT2D eigenvalue weighted by atomic mass is 10.0. The van der Waals surface area contributed by atoms with Gasteiger partial charge in [-0.2, -0.15) is 0 Å². The number of nitrogens with one attached hydrogen (secondary N) is 1. The Bertz CT molecular complexity index is 1090. The van der Waals surface area contributed by atoms with E-state index in [2.05, 4.69) is 51.9 Å². The van der Waals surface area contributed by atoms with Gasteiger partial charge in [0.25, 0.3) is 0 Å². The Morgan fingerprint density at radius 2 is 1.74 bits per heavy atom. The maximum atomic E-state index is 11.0. The number of hydrogen-bond donors (Lipinski definition) is 2. The first-order valence-corrected chi connectivity index (χ1v) is 8.89. The highest BCUT2D eigenvalue weighted by Gasteiger charge is 2.13. The van der Waals surface area contributed by atoms with Crippen LogP contribution in [0.1, 0.15) is 15.9 Å². The minimum absolute atomic E-state index is 0. The van der Waals surface area contributed by atoms with Gasteiger partial charge in [-0.3, -0.25) is 0 Å². The fraction of sp³-hybridized carbons (Fsp3) is 0.0500. The van der Waals surface area contributed by atoms with Crippen molar-refractivity contribution in [2.45, 2.75) is 6.92 Å². The first kappa shape index (κ1) is 18.8. The molecule has 0 aliphatic rings. The first-order valence-electron chi connectivity index (χ1n) is 8.01. The molecule has 0 fully saturated rings. The van der Waals surface area contributed by atoms with E-state index < -0.39 is 5.97 Å². The van der Waals surface area contributed by atoms with Crippen LogP contribution in [0.5, 0.6) is 0 Å². The molecule has 0 atom stereocenters. The van der Waals surface area contributed by atoms with Crippen LogP contribution in [0.2, 0.25) is 0 Å². The van der Waals surface area contributed by atoms with E-state index in [4.69, 9.17) is 5.11 Å². The van der Waals surface area contributed by atoms with Crippen LogP contribution in [0.3, 0.4) is 0 Å². The van der Waals surface area contributed by atoms with E-state index in [1.165, 1.54) is 11.9 Å². The third kappa shape index (κ3) is 3.77. The molecule has 0 amide bonds. The molecule has 2 aromatic heterocycles. The third-order valence-corrected chi connectivity index (χ3v) is 5.01. The van der Waals surface area contributed by atoms with Crippen LogP contribution in [-0.4, -0.2) is 21.0 Å². The topological polar surface area (TPSA) is 75.1 Å². The number of carbonyl (C=O) groups is 1. The van der Waals surface area contributed by atoms with Crippen LogP contribution in [0.15, 0.2) is 60.2 Å². The number of anilines is 2. The zero-order valence-corrected chi connectivity index (χ0v) is 15.9. The zero-order chi connectivity index (χ0) is 18.1. The molecule has 4 rings (SSSR count). The molecule has 0 unspecified atom stereocenters. The van der Waals surface area contributed by atoms with E-state index in [1.807, 2.05) is 0 Å².